The molecule has 0 aliphatic carbocycles. The summed E-state index contributed by atoms with van der Waals surface area (Å²) in [6.45, 7) is 4.31. The van der Waals surface area contributed by atoms with Crippen LogP contribution in [0.15, 0.2) is 18.2 Å². The molecule has 128 valence electrons. The monoisotopic (exact) mass is 341 g/mol. The molecule has 0 aromatic heterocycles. The molecule has 1 atom stereocenters. The van der Waals surface area contributed by atoms with E-state index in [0.717, 1.165) is 18.9 Å². The van der Waals surface area contributed by atoms with Gasteiger partial charge in [-0.2, -0.15) is 0 Å². The highest BCUT2D eigenvalue weighted by atomic mass is 32.2. The predicted octanol–water partition coefficient (Wildman–Crippen LogP) is 4.96. The number of hydrogen-bond donors (Lipinski definition) is 1. The Morgan fingerprint density at radius 1 is 1.17 bits per heavy atom. The molecule has 0 unspecified atom stereocenters. The molecule has 0 saturated carbocycles. The van der Waals surface area contributed by atoms with Gasteiger partial charge in [0.15, 0.2) is 0 Å². The summed E-state index contributed by atoms with van der Waals surface area (Å²) in [6, 6.07) is 3.67. The first-order chi connectivity index (χ1) is 11.0. The minimum Gasteiger partial charge on any atom is -0.370 e. The SMILES string of the molecule is CCCCC[C@@H](CC)SCNc1ccc([N+](=O)[O-])cc1[N+](=O)[O-]. The van der Waals surface area contributed by atoms with Crippen LogP contribution in [0.3, 0.4) is 0 Å². The molecule has 8 heteroatoms. The summed E-state index contributed by atoms with van der Waals surface area (Å²) in [5, 5.41) is 25.3. The second-order valence-corrected chi connectivity index (χ2v) is 6.52. The Morgan fingerprint density at radius 3 is 2.48 bits per heavy atom. The highest BCUT2D eigenvalue weighted by Crippen LogP contribution is 2.30. The van der Waals surface area contributed by atoms with Gasteiger partial charge in [-0.1, -0.05) is 33.1 Å². The summed E-state index contributed by atoms with van der Waals surface area (Å²) < 4.78 is 0. The highest BCUT2D eigenvalue weighted by molar-refractivity contribution is 7.99. The number of nitrogens with one attached hydrogen (secondary N) is 1. The Morgan fingerprint density at radius 2 is 1.91 bits per heavy atom. The van der Waals surface area contributed by atoms with Crippen molar-refractivity contribution in [2.75, 3.05) is 11.2 Å². The Labute approximate surface area is 140 Å². The molecule has 0 amide bonds. The summed E-state index contributed by atoms with van der Waals surface area (Å²) >= 11 is 1.73. The number of rotatable bonds is 11. The van der Waals surface area contributed by atoms with E-state index in [1.807, 2.05) is 0 Å². The molecule has 0 aliphatic rings. The van der Waals surface area contributed by atoms with Crippen LogP contribution in [0.25, 0.3) is 0 Å². The van der Waals surface area contributed by atoms with Crippen LogP contribution in [0.5, 0.6) is 0 Å². The van der Waals surface area contributed by atoms with E-state index in [9.17, 15) is 20.2 Å². The van der Waals surface area contributed by atoms with E-state index in [1.54, 1.807) is 11.8 Å². The number of hydrogen-bond acceptors (Lipinski definition) is 6. The quantitative estimate of drug-likeness (QED) is 0.264. The van der Waals surface area contributed by atoms with E-state index in [1.165, 1.54) is 31.4 Å². The zero-order chi connectivity index (χ0) is 17.2. The van der Waals surface area contributed by atoms with Gasteiger partial charge in [0, 0.05) is 11.3 Å². The summed E-state index contributed by atoms with van der Waals surface area (Å²) in [5.41, 5.74) is -0.226. The van der Waals surface area contributed by atoms with Crippen LogP contribution in [-0.4, -0.2) is 21.0 Å². The van der Waals surface area contributed by atoms with Crippen LogP contribution in [0, 0.1) is 20.2 Å². The Hall–Kier alpha value is -1.83. The predicted molar refractivity (Wildman–Crippen MR) is 94.1 cm³/mol. The maximum atomic E-state index is 11.1. The van der Waals surface area contributed by atoms with Crippen LogP contribution in [0.4, 0.5) is 17.1 Å². The van der Waals surface area contributed by atoms with Gasteiger partial charge in [-0.15, -0.1) is 11.8 Å². The third-order valence-electron chi connectivity index (χ3n) is 3.56. The molecule has 1 aromatic rings. The molecule has 0 spiro atoms. The van der Waals surface area contributed by atoms with Gasteiger partial charge in [0.2, 0.25) is 0 Å². The number of nitro groups is 2. The van der Waals surface area contributed by atoms with Crippen LogP contribution < -0.4 is 5.32 Å². The topological polar surface area (TPSA) is 98.3 Å². The standard InChI is InChI=1S/C15H23N3O4S/c1-3-5-6-7-13(4-2)23-11-16-14-9-8-12(17(19)20)10-15(14)18(21)22/h8-10,13,16H,3-7,11H2,1-2H3/t13-/m1/s1. The number of anilines is 1. The molecule has 0 bridgehead atoms. The summed E-state index contributed by atoms with van der Waals surface area (Å²) in [4.78, 5) is 20.5. The molecule has 7 nitrogen and oxygen atoms in total. The summed E-state index contributed by atoms with van der Waals surface area (Å²) in [7, 11) is 0. The fraction of sp³-hybridized carbons (Fsp3) is 0.600. The van der Waals surface area contributed by atoms with E-state index in [2.05, 4.69) is 19.2 Å². The minimum atomic E-state index is -0.633. The molecular weight excluding hydrogens is 318 g/mol. The number of nitrogens with zero attached hydrogens (tertiary/aromatic N) is 2. The number of unbranched alkanes of at least 4 members (excludes halogenated alkanes) is 2. The van der Waals surface area contributed by atoms with Crippen molar-refractivity contribution in [2.45, 2.75) is 51.2 Å². The van der Waals surface area contributed by atoms with E-state index in [0.29, 0.717) is 16.8 Å². The number of thioether (sulfide) groups is 1. The van der Waals surface area contributed by atoms with Gasteiger partial charge in [-0.25, -0.2) is 0 Å². The maximum absolute atomic E-state index is 11.1. The third-order valence-corrected chi connectivity index (χ3v) is 4.91. The van der Waals surface area contributed by atoms with E-state index in [-0.39, 0.29) is 11.4 Å². The lowest BCUT2D eigenvalue weighted by molar-refractivity contribution is -0.393. The zero-order valence-corrected chi connectivity index (χ0v) is 14.3. The summed E-state index contributed by atoms with van der Waals surface area (Å²) in [6.07, 6.45) is 5.80. The van der Waals surface area contributed by atoms with Crippen LogP contribution in [0.1, 0.15) is 46.0 Å². The van der Waals surface area contributed by atoms with Crippen molar-refractivity contribution in [3.63, 3.8) is 0 Å². The molecule has 1 rings (SSSR count). The van der Waals surface area contributed by atoms with Gasteiger partial charge in [-0.05, 0) is 18.9 Å². The first-order valence-corrected chi connectivity index (χ1v) is 8.82. The Balaban J connectivity index is 2.62. The molecule has 0 aliphatic heterocycles. The highest BCUT2D eigenvalue weighted by Gasteiger charge is 2.19. The van der Waals surface area contributed by atoms with Crippen molar-refractivity contribution in [2.24, 2.45) is 0 Å². The average Bonchev–Trinajstić information content (AvgIpc) is 2.53. The minimum absolute atomic E-state index is 0.265. The maximum Gasteiger partial charge on any atom is 0.299 e. The molecule has 1 N–H and O–H groups in total. The Bertz CT molecular complexity index is 539. The van der Waals surface area contributed by atoms with Crippen LogP contribution in [0.2, 0.25) is 0 Å². The van der Waals surface area contributed by atoms with Gasteiger partial charge in [0.05, 0.1) is 21.8 Å². The van der Waals surface area contributed by atoms with Crippen LogP contribution >= 0.6 is 11.8 Å². The van der Waals surface area contributed by atoms with Crippen molar-refractivity contribution in [1.82, 2.24) is 0 Å². The van der Waals surface area contributed by atoms with Gasteiger partial charge >= 0.3 is 0 Å². The lowest BCUT2D eigenvalue weighted by Gasteiger charge is -2.15. The molecule has 0 heterocycles. The molecular formula is C15H23N3O4S. The van der Waals surface area contributed by atoms with Crippen molar-refractivity contribution < 1.29 is 9.85 Å². The third kappa shape index (κ3) is 6.43. The van der Waals surface area contributed by atoms with Crippen molar-refractivity contribution in [1.29, 1.82) is 0 Å². The van der Waals surface area contributed by atoms with E-state index < -0.39 is 9.85 Å². The number of nitro benzene ring substituents is 2. The van der Waals surface area contributed by atoms with Crippen molar-refractivity contribution >= 4 is 28.8 Å². The lowest BCUT2D eigenvalue weighted by atomic mass is 10.1. The second kappa shape index (κ2) is 10.0. The normalized spacial score (nSPS) is 11.9. The molecule has 0 radical (unpaired) electrons. The second-order valence-electron chi connectivity index (χ2n) is 5.23. The summed E-state index contributed by atoms with van der Waals surface area (Å²) in [5.74, 6) is 0.545. The van der Waals surface area contributed by atoms with Gasteiger partial charge in [0.25, 0.3) is 11.4 Å². The number of non-ortho nitro benzene ring substituents is 1. The Kier molecular flexibility index (Phi) is 8.39. The smallest absolute Gasteiger partial charge is 0.299 e. The first-order valence-electron chi connectivity index (χ1n) is 7.77. The average molecular weight is 341 g/mol. The molecule has 23 heavy (non-hydrogen) atoms. The van der Waals surface area contributed by atoms with Crippen molar-refractivity contribution in [3.8, 4) is 0 Å². The van der Waals surface area contributed by atoms with Gasteiger partial charge in [0.1, 0.15) is 5.69 Å². The van der Waals surface area contributed by atoms with E-state index >= 15 is 0 Å². The van der Waals surface area contributed by atoms with Gasteiger partial charge in [-0.3, -0.25) is 20.2 Å². The molecule has 0 fully saturated rings. The fourth-order valence-corrected chi connectivity index (χ4v) is 3.24. The zero-order valence-electron chi connectivity index (χ0n) is 13.5. The first kappa shape index (κ1) is 19.2. The number of benzene rings is 1. The van der Waals surface area contributed by atoms with Gasteiger partial charge < -0.3 is 5.32 Å². The van der Waals surface area contributed by atoms with Crippen LogP contribution in [-0.2, 0) is 0 Å². The fourth-order valence-electron chi connectivity index (χ4n) is 2.20. The lowest BCUT2D eigenvalue weighted by Crippen LogP contribution is -2.08. The largest absolute Gasteiger partial charge is 0.370 e. The van der Waals surface area contributed by atoms with Crippen molar-refractivity contribution in [3.05, 3.63) is 38.4 Å². The molecule has 0 saturated heterocycles. The molecule has 1 aromatic carbocycles. The van der Waals surface area contributed by atoms with E-state index in [4.69, 9.17) is 0 Å².